The highest BCUT2D eigenvalue weighted by Crippen LogP contribution is 2.23. The lowest BCUT2D eigenvalue weighted by Gasteiger charge is -2.03. The second-order valence-electron chi connectivity index (χ2n) is 3.06. The Morgan fingerprint density at radius 1 is 1.29 bits per heavy atom. The van der Waals surface area contributed by atoms with Gasteiger partial charge in [0.2, 0.25) is 0 Å². The number of rotatable bonds is 1. The van der Waals surface area contributed by atoms with E-state index in [0.717, 1.165) is 11.3 Å². The van der Waals surface area contributed by atoms with E-state index >= 15 is 0 Å². The number of nitrogens with zero attached hydrogens (tertiary/aromatic N) is 2. The third kappa shape index (κ3) is 1.76. The van der Waals surface area contributed by atoms with Crippen LogP contribution in [-0.4, -0.2) is 9.78 Å². The zero-order valence-corrected chi connectivity index (χ0v) is 9.05. The zero-order valence-electron chi connectivity index (χ0n) is 7.54. The highest BCUT2D eigenvalue weighted by molar-refractivity contribution is 6.35. The molecule has 0 fully saturated rings. The summed E-state index contributed by atoms with van der Waals surface area (Å²) in [5, 5.41) is 5.39. The maximum Gasteiger partial charge on any atom is 0.0832 e. The van der Waals surface area contributed by atoms with Crippen LogP contribution in [0.4, 0.5) is 0 Å². The molecule has 0 aliphatic carbocycles. The molecule has 0 aliphatic rings. The Morgan fingerprint density at radius 3 is 2.64 bits per heavy atom. The highest BCUT2D eigenvalue weighted by atomic mass is 35.5. The number of hydrogen-bond donors (Lipinski definition) is 0. The fourth-order valence-electron chi connectivity index (χ4n) is 1.21. The molecular formula is C10H8Cl2N2. The van der Waals surface area contributed by atoms with Crippen LogP contribution in [0.1, 0.15) is 5.56 Å². The molecule has 0 spiro atoms. The Morgan fingerprint density at radius 2 is 2.07 bits per heavy atom. The average molecular weight is 227 g/mol. The van der Waals surface area contributed by atoms with Crippen LogP contribution < -0.4 is 0 Å². The summed E-state index contributed by atoms with van der Waals surface area (Å²) in [6.45, 7) is 1.98. The Hall–Kier alpha value is -0.990. The molecule has 2 rings (SSSR count). The van der Waals surface area contributed by atoms with Crippen molar-refractivity contribution in [2.24, 2.45) is 0 Å². The monoisotopic (exact) mass is 226 g/mol. The molecule has 0 bridgehead atoms. The molecule has 1 heterocycles. The molecule has 0 N–H and O–H groups in total. The minimum atomic E-state index is 0.598. The van der Waals surface area contributed by atoms with Gasteiger partial charge >= 0.3 is 0 Å². The van der Waals surface area contributed by atoms with E-state index in [1.807, 2.05) is 19.2 Å². The second-order valence-corrected chi connectivity index (χ2v) is 3.90. The predicted molar refractivity (Wildman–Crippen MR) is 58.3 cm³/mol. The highest BCUT2D eigenvalue weighted by Gasteiger charge is 2.03. The van der Waals surface area contributed by atoms with Gasteiger partial charge in [0.15, 0.2) is 0 Å². The number of hydrogen-bond acceptors (Lipinski definition) is 1. The molecule has 1 aromatic carbocycles. The van der Waals surface area contributed by atoms with Crippen molar-refractivity contribution in [3.05, 3.63) is 46.2 Å². The molecule has 0 atom stereocenters. The molecule has 0 unspecified atom stereocenters. The van der Waals surface area contributed by atoms with Gasteiger partial charge in [0, 0.05) is 11.2 Å². The van der Waals surface area contributed by atoms with Crippen molar-refractivity contribution in [1.82, 2.24) is 9.78 Å². The van der Waals surface area contributed by atoms with Gasteiger partial charge < -0.3 is 0 Å². The third-order valence-corrected chi connectivity index (χ3v) is 2.41. The van der Waals surface area contributed by atoms with E-state index in [9.17, 15) is 0 Å². The Bertz CT molecular complexity index is 463. The van der Waals surface area contributed by atoms with Gasteiger partial charge in [-0.2, -0.15) is 5.10 Å². The van der Waals surface area contributed by atoms with Crippen LogP contribution in [0.25, 0.3) is 5.69 Å². The SMILES string of the molecule is Cc1cnn(-c2ccc(Cl)cc2Cl)c1. The van der Waals surface area contributed by atoms with Crippen LogP contribution in [-0.2, 0) is 0 Å². The largest absolute Gasteiger partial charge is 0.239 e. The summed E-state index contributed by atoms with van der Waals surface area (Å²) in [5.74, 6) is 0. The van der Waals surface area contributed by atoms with Gasteiger partial charge in [-0.25, -0.2) is 4.68 Å². The standard InChI is InChI=1S/C10H8Cl2N2/c1-7-5-13-14(6-7)10-3-2-8(11)4-9(10)12/h2-6H,1H3. The second kappa shape index (κ2) is 3.64. The lowest BCUT2D eigenvalue weighted by Crippen LogP contribution is -1.94. The van der Waals surface area contributed by atoms with Gasteiger partial charge in [0.25, 0.3) is 0 Å². The third-order valence-electron chi connectivity index (χ3n) is 1.87. The van der Waals surface area contributed by atoms with Crippen LogP contribution >= 0.6 is 23.2 Å². The first kappa shape index (κ1) is 9.56. The fraction of sp³-hybridized carbons (Fsp3) is 0.100. The van der Waals surface area contributed by atoms with Gasteiger partial charge in [0.1, 0.15) is 0 Å². The summed E-state index contributed by atoms with van der Waals surface area (Å²) >= 11 is 11.8. The normalized spacial score (nSPS) is 10.5. The van der Waals surface area contributed by atoms with Crippen LogP contribution in [0.3, 0.4) is 0 Å². The average Bonchev–Trinajstić information content (AvgIpc) is 2.51. The molecule has 0 saturated carbocycles. The van der Waals surface area contributed by atoms with Crippen LogP contribution in [0.2, 0.25) is 10.0 Å². The molecule has 1 aromatic heterocycles. The molecule has 72 valence electrons. The van der Waals surface area contributed by atoms with Crippen LogP contribution in [0.15, 0.2) is 30.6 Å². The fourth-order valence-corrected chi connectivity index (χ4v) is 1.71. The molecule has 0 radical (unpaired) electrons. The Labute approximate surface area is 92.1 Å². The summed E-state index contributed by atoms with van der Waals surface area (Å²) in [6.07, 6.45) is 3.69. The van der Waals surface area contributed by atoms with E-state index in [0.29, 0.717) is 10.0 Å². The molecule has 0 aliphatic heterocycles. The molecule has 2 nitrogen and oxygen atoms in total. The van der Waals surface area contributed by atoms with Crippen molar-refractivity contribution in [3.8, 4) is 5.69 Å². The molecule has 14 heavy (non-hydrogen) atoms. The topological polar surface area (TPSA) is 17.8 Å². The first-order valence-electron chi connectivity index (χ1n) is 4.13. The lowest BCUT2D eigenvalue weighted by atomic mass is 10.3. The minimum Gasteiger partial charge on any atom is -0.239 e. The van der Waals surface area contributed by atoms with E-state index in [2.05, 4.69) is 5.10 Å². The zero-order chi connectivity index (χ0) is 10.1. The van der Waals surface area contributed by atoms with Crippen molar-refractivity contribution in [3.63, 3.8) is 0 Å². The Balaban J connectivity index is 2.52. The van der Waals surface area contributed by atoms with Crippen molar-refractivity contribution in [1.29, 1.82) is 0 Å². The number of benzene rings is 1. The van der Waals surface area contributed by atoms with E-state index < -0.39 is 0 Å². The smallest absolute Gasteiger partial charge is 0.0832 e. The lowest BCUT2D eigenvalue weighted by molar-refractivity contribution is 0.880. The number of aromatic nitrogens is 2. The minimum absolute atomic E-state index is 0.598. The van der Waals surface area contributed by atoms with Crippen LogP contribution in [0, 0.1) is 6.92 Å². The molecule has 4 heteroatoms. The molecule has 2 aromatic rings. The van der Waals surface area contributed by atoms with Crippen LogP contribution in [0.5, 0.6) is 0 Å². The summed E-state index contributed by atoms with van der Waals surface area (Å²) in [4.78, 5) is 0. The van der Waals surface area contributed by atoms with Gasteiger partial charge in [-0.3, -0.25) is 0 Å². The first-order valence-corrected chi connectivity index (χ1v) is 4.89. The van der Waals surface area contributed by atoms with E-state index in [1.54, 1.807) is 23.0 Å². The maximum absolute atomic E-state index is 6.03. The Kier molecular flexibility index (Phi) is 2.48. The molecule has 0 amide bonds. The molecular weight excluding hydrogens is 219 g/mol. The van der Waals surface area contributed by atoms with Gasteiger partial charge in [-0.15, -0.1) is 0 Å². The number of aryl methyl sites for hydroxylation is 1. The summed E-state index contributed by atoms with van der Waals surface area (Å²) in [6, 6.07) is 5.34. The van der Waals surface area contributed by atoms with Gasteiger partial charge in [-0.05, 0) is 30.7 Å². The van der Waals surface area contributed by atoms with E-state index in [4.69, 9.17) is 23.2 Å². The van der Waals surface area contributed by atoms with Gasteiger partial charge in [0.05, 0.1) is 16.9 Å². The molecule has 0 saturated heterocycles. The van der Waals surface area contributed by atoms with Crippen molar-refractivity contribution in [2.75, 3.05) is 0 Å². The van der Waals surface area contributed by atoms with Gasteiger partial charge in [-0.1, -0.05) is 23.2 Å². The number of halogens is 2. The van der Waals surface area contributed by atoms with Crippen molar-refractivity contribution < 1.29 is 0 Å². The van der Waals surface area contributed by atoms with E-state index in [1.165, 1.54) is 0 Å². The summed E-state index contributed by atoms with van der Waals surface area (Å²) < 4.78 is 1.73. The summed E-state index contributed by atoms with van der Waals surface area (Å²) in [7, 11) is 0. The first-order chi connectivity index (χ1) is 6.66. The maximum atomic E-state index is 6.03. The quantitative estimate of drug-likeness (QED) is 0.729. The van der Waals surface area contributed by atoms with Crippen molar-refractivity contribution in [2.45, 2.75) is 6.92 Å². The van der Waals surface area contributed by atoms with E-state index in [-0.39, 0.29) is 0 Å². The summed E-state index contributed by atoms with van der Waals surface area (Å²) in [5.41, 5.74) is 1.93. The van der Waals surface area contributed by atoms with Crippen molar-refractivity contribution >= 4 is 23.2 Å². The predicted octanol–water partition coefficient (Wildman–Crippen LogP) is 3.49.